The Hall–Kier alpha value is -1.19. The van der Waals surface area contributed by atoms with Gasteiger partial charge < -0.3 is 0 Å². The van der Waals surface area contributed by atoms with Crippen molar-refractivity contribution in [1.82, 2.24) is 0 Å². The number of alkyl halides is 3. The highest BCUT2D eigenvalue weighted by molar-refractivity contribution is 6.35. The molecule has 0 atom stereocenters. The van der Waals surface area contributed by atoms with Crippen LogP contribution in [0.5, 0.6) is 0 Å². The van der Waals surface area contributed by atoms with E-state index in [1.807, 2.05) is 0 Å². The van der Waals surface area contributed by atoms with Gasteiger partial charge in [0.25, 0.3) is 0 Å². The van der Waals surface area contributed by atoms with Crippen molar-refractivity contribution in [2.75, 3.05) is 0 Å². The Morgan fingerprint density at radius 1 is 0.947 bits per heavy atom. The van der Waals surface area contributed by atoms with Crippen LogP contribution in [-0.2, 0) is 6.18 Å². The Morgan fingerprint density at radius 2 is 1.63 bits per heavy atom. The van der Waals surface area contributed by atoms with Crippen LogP contribution in [-0.4, -0.2) is 0 Å². The van der Waals surface area contributed by atoms with Gasteiger partial charge in [0.15, 0.2) is 0 Å². The summed E-state index contributed by atoms with van der Waals surface area (Å²) in [7, 11) is 0. The summed E-state index contributed by atoms with van der Waals surface area (Å²) in [5.41, 5.74) is 0.389. The van der Waals surface area contributed by atoms with Crippen LogP contribution in [0.2, 0.25) is 10.0 Å². The second-order valence-electron chi connectivity index (χ2n) is 4.15. The van der Waals surface area contributed by atoms with E-state index < -0.39 is 11.7 Å². The largest absolute Gasteiger partial charge is 0.416 e. The normalized spacial score (nSPS) is 11.7. The minimum atomic E-state index is -4.38. The molecule has 0 amide bonds. The highest BCUT2D eigenvalue weighted by atomic mass is 35.5. The Morgan fingerprint density at radius 3 is 2.26 bits per heavy atom. The van der Waals surface area contributed by atoms with Gasteiger partial charge in [-0.1, -0.05) is 35.3 Å². The van der Waals surface area contributed by atoms with Gasteiger partial charge in [0.2, 0.25) is 0 Å². The zero-order valence-electron chi connectivity index (χ0n) is 9.85. The Balaban J connectivity index is 2.61. The molecule has 0 saturated heterocycles. The first-order chi connectivity index (χ1) is 8.79. The van der Waals surface area contributed by atoms with Crippen LogP contribution in [0.15, 0.2) is 36.4 Å². The predicted molar refractivity (Wildman–Crippen MR) is 71.6 cm³/mol. The lowest BCUT2D eigenvalue weighted by Gasteiger charge is -2.13. The van der Waals surface area contributed by atoms with Crippen LogP contribution < -0.4 is 0 Å². The van der Waals surface area contributed by atoms with E-state index in [2.05, 4.69) is 0 Å². The number of hydrogen-bond donors (Lipinski definition) is 0. The summed E-state index contributed by atoms with van der Waals surface area (Å²) in [5, 5.41) is 0.787. The molecule has 0 aliphatic heterocycles. The fraction of sp³-hybridized carbons (Fsp3) is 0.143. The predicted octanol–water partition coefficient (Wildman–Crippen LogP) is 5.99. The Kier molecular flexibility index (Phi) is 3.79. The molecule has 0 radical (unpaired) electrons. The number of hydrogen-bond acceptors (Lipinski definition) is 0. The van der Waals surface area contributed by atoms with Gasteiger partial charge in [-0.15, -0.1) is 0 Å². The molecule has 19 heavy (non-hydrogen) atoms. The molecule has 5 heteroatoms. The third-order valence-electron chi connectivity index (χ3n) is 2.78. The van der Waals surface area contributed by atoms with Crippen molar-refractivity contribution in [3.05, 3.63) is 57.6 Å². The summed E-state index contributed by atoms with van der Waals surface area (Å²) < 4.78 is 38.6. The standard InChI is InChI=1S/C14H9Cl2F3/c1-8-2-3-9(6-12(8)14(17,18)19)11-7-10(15)4-5-13(11)16/h2-7H,1H3. The number of rotatable bonds is 1. The third kappa shape index (κ3) is 3.04. The van der Waals surface area contributed by atoms with E-state index in [1.54, 1.807) is 24.3 Å². The lowest BCUT2D eigenvalue weighted by molar-refractivity contribution is -0.138. The van der Waals surface area contributed by atoms with Crippen LogP contribution in [0, 0.1) is 6.92 Å². The summed E-state index contributed by atoms with van der Waals surface area (Å²) in [6.45, 7) is 1.42. The maximum absolute atomic E-state index is 12.9. The molecule has 0 saturated carbocycles. The van der Waals surface area contributed by atoms with E-state index in [1.165, 1.54) is 13.0 Å². The van der Waals surface area contributed by atoms with Gasteiger partial charge in [0.1, 0.15) is 0 Å². The van der Waals surface area contributed by atoms with E-state index in [0.717, 1.165) is 6.07 Å². The zero-order chi connectivity index (χ0) is 14.2. The van der Waals surface area contributed by atoms with E-state index >= 15 is 0 Å². The van der Waals surface area contributed by atoms with Gasteiger partial charge >= 0.3 is 6.18 Å². The first kappa shape index (κ1) is 14.2. The fourth-order valence-corrected chi connectivity index (χ4v) is 2.21. The third-order valence-corrected chi connectivity index (χ3v) is 3.35. The average molecular weight is 305 g/mol. The van der Waals surface area contributed by atoms with Crippen molar-refractivity contribution in [3.8, 4) is 11.1 Å². The first-order valence-electron chi connectivity index (χ1n) is 5.42. The smallest absolute Gasteiger partial charge is 0.166 e. The van der Waals surface area contributed by atoms with E-state index in [4.69, 9.17) is 23.2 Å². The Labute approximate surface area is 118 Å². The zero-order valence-corrected chi connectivity index (χ0v) is 11.4. The maximum Gasteiger partial charge on any atom is 0.416 e. The van der Waals surface area contributed by atoms with Gasteiger partial charge in [-0.05, 0) is 42.3 Å². The monoisotopic (exact) mass is 304 g/mol. The summed E-state index contributed by atoms with van der Waals surface area (Å²) in [4.78, 5) is 0. The van der Waals surface area contributed by atoms with Gasteiger partial charge in [-0.2, -0.15) is 13.2 Å². The van der Waals surface area contributed by atoms with Crippen molar-refractivity contribution in [3.63, 3.8) is 0 Å². The molecule has 0 spiro atoms. The van der Waals surface area contributed by atoms with Crippen molar-refractivity contribution in [1.29, 1.82) is 0 Å². The average Bonchev–Trinajstić information content (AvgIpc) is 2.31. The molecule has 0 N–H and O–H groups in total. The summed E-state index contributed by atoms with van der Waals surface area (Å²) >= 11 is 11.8. The Bertz CT molecular complexity index is 619. The van der Waals surface area contributed by atoms with Gasteiger partial charge in [-0.25, -0.2) is 0 Å². The number of benzene rings is 2. The van der Waals surface area contributed by atoms with Crippen LogP contribution in [0.1, 0.15) is 11.1 Å². The van der Waals surface area contributed by atoms with Gasteiger partial charge in [0, 0.05) is 15.6 Å². The number of halogens is 5. The summed E-state index contributed by atoms with van der Waals surface area (Å²) in [5.74, 6) is 0. The lowest BCUT2D eigenvalue weighted by Crippen LogP contribution is -2.07. The van der Waals surface area contributed by atoms with Crippen molar-refractivity contribution in [2.24, 2.45) is 0 Å². The highest BCUT2D eigenvalue weighted by Gasteiger charge is 2.32. The second-order valence-corrected chi connectivity index (χ2v) is 5.00. The van der Waals surface area contributed by atoms with Crippen molar-refractivity contribution in [2.45, 2.75) is 13.1 Å². The molecule has 0 aliphatic carbocycles. The van der Waals surface area contributed by atoms with Gasteiger partial charge in [0.05, 0.1) is 5.56 Å². The molecule has 2 rings (SSSR count). The molecule has 0 unspecified atom stereocenters. The molecule has 0 aliphatic rings. The molecule has 0 nitrogen and oxygen atoms in total. The summed E-state index contributed by atoms with van der Waals surface area (Å²) in [6.07, 6.45) is -4.38. The molecule has 0 heterocycles. The van der Waals surface area contributed by atoms with Crippen LogP contribution >= 0.6 is 23.2 Å². The van der Waals surface area contributed by atoms with Crippen molar-refractivity contribution < 1.29 is 13.2 Å². The van der Waals surface area contributed by atoms with Crippen molar-refractivity contribution >= 4 is 23.2 Å². The topological polar surface area (TPSA) is 0 Å². The maximum atomic E-state index is 12.9. The van der Waals surface area contributed by atoms with Gasteiger partial charge in [-0.3, -0.25) is 0 Å². The minimum Gasteiger partial charge on any atom is -0.166 e. The highest BCUT2D eigenvalue weighted by Crippen LogP contribution is 2.37. The van der Waals surface area contributed by atoms with E-state index in [0.29, 0.717) is 21.2 Å². The first-order valence-corrected chi connectivity index (χ1v) is 6.18. The molecular weight excluding hydrogens is 296 g/mol. The molecule has 100 valence electrons. The summed E-state index contributed by atoms with van der Waals surface area (Å²) in [6, 6.07) is 8.82. The molecule has 2 aromatic carbocycles. The molecule has 0 aromatic heterocycles. The lowest BCUT2D eigenvalue weighted by atomic mass is 9.99. The fourth-order valence-electron chi connectivity index (χ4n) is 1.81. The molecule has 0 fully saturated rings. The van der Waals surface area contributed by atoms with E-state index in [-0.39, 0.29) is 5.56 Å². The van der Waals surface area contributed by atoms with Crippen LogP contribution in [0.25, 0.3) is 11.1 Å². The SMILES string of the molecule is Cc1ccc(-c2cc(Cl)ccc2Cl)cc1C(F)(F)F. The molecule has 0 bridgehead atoms. The number of aryl methyl sites for hydroxylation is 1. The quantitative estimate of drug-likeness (QED) is 0.607. The second kappa shape index (κ2) is 5.06. The molecule has 2 aromatic rings. The minimum absolute atomic E-state index is 0.175. The van der Waals surface area contributed by atoms with E-state index in [9.17, 15) is 13.2 Å². The van der Waals surface area contributed by atoms with Crippen LogP contribution in [0.4, 0.5) is 13.2 Å². The van der Waals surface area contributed by atoms with Crippen LogP contribution in [0.3, 0.4) is 0 Å². The molecular formula is C14H9Cl2F3.